The van der Waals surface area contributed by atoms with Crippen molar-refractivity contribution in [3.05, 3.63) is 33.7 Å². The lowest BCUT2D eigenvalue weighted by atomic mass is 10.2. The van der Waals surface area contributed by atoms with Crippen LogP contribution in [0.5, 0.6) is 0 Å². The third-order valence-electron chi connectivity index (χ3n) is 2.45. The maximum Gasteiger partial charge on any atom is 0.258 e. The van der Waals surface area contributed by atoms with Gasteiger partial charge in [-0.3, -0.25) is 0 Å². The summed E-state index contributed by atoms with van der Waals surface area (Å²) < 4.78 is 11.8. The quantitative estimate of drug-likeness (QED) is 0.816. The Hall–Kier alpha value is -0.990. The Kier molecular flexibility index (Phi) is 4.89. The molecule has 1 atom stereocenters. The molecule has 0 saturated carbocycles. The Balaban J connectivity index is 2.10. The van der Waals surface area contributed by atoms with E-state index in [1.807, 2.05) is 38.1 Å². The van der Waals surface area contributed by atoms with E-state index in [0.29, 0.717) is 18.3 Å². The molecule has 0 spiro atoms. The Morgan fingerprint density at radius 3 is 2.89 bits per heavy atom. The van der Waals surface area contributed by atoms with Gasteiger partial charge in [-0.1, -0.05) is 11.2 Å². The van der Waals surface area contributed by atoms with Crippen molar-refractivity contribution in [2.75, 3.05) is 6.61 Å². The SMILES string of the molecule is CC(C)OCC(N)c1noc(-c2cccc(I)c2)n1. The van der Waals surface area contributed by atoms with Gasteiger partial charge in [-0.25, -0.2) is 0 Å². The normalized spacial score (nSPS) is 12.9. The summed E-state index contributed by atoms with van der Waals surface area (Å²) in [6.45, 7) is 4.30. The van der Waals surface area contributed by atoms with Gasteiger partial charge in [0.15, 0.2) is 5.82 Å². The van der Waals surface area contributed by atoms with E-state index < -0.39 is 0 Å². The fourth-order valence-corrected chi connectivity index (χ4v) is 2.04. The topological polar surface area (TPSA) is 74.2 Å². The molecule has 0 radical (unpaired) electrons. The van der Waals surface area contributed by atoms with Crippen molar-refractivity contribution < 1.29 is 9.26 Å². The van der Waals surface area contributed by atoms with Gasteiger partial charge in [0.2, 0.25) is 0 Å². The van der Waals surface area contributed by atoms with Crippen LogP contribution in [-0.4, -0.2) is 22.9 Å². The number of rotatable bonds is 5. The fraction of sp³-hybridized carbons (Fsp3) is 0.385. The highest BCUT2D eigenvalue weighted by atomic mass is 127. The molecule has 5 nitrogen and oxygen atoms in total. The highest BCUT2D eigenvalue weighted by molar-refractivity contribution is 14.1. The first kappa shape index (κ1) is 14.4. The summed E-state index contributed by atoms with van der Waals surface area (Å²) in [6, 6.07) is 7.48. The minimum absolute atomic E-state index is 0.133. The van der Waals surface area contributed by atoms with E-state index in [4.69, 9.17) is 15.0 Å². The summed E-state index contributed by atoms with van der Waals surface area (Å²) in [5.74, 6) is 0.947. The second-order valence-electron chi connectivity index (χ2n) is 4.46. The molecule has 0 amide bonds. The lowest BCUT2D eigenvalue weighted by Crippen LogP contribution is -2.20. The molecule has 2 aromatic rings. The van der Waals surface area contributed by atoms with Crippen molar-refractivity contribution in [1.29, 1.82) is 0 Å². The molecule has 0 bridgehead atoms. The number of hydrogen-bond acceptors (Lipinski definition) is 5. The second kappa shape index (κ2) is 6.44. The number of halogens is 1. The van der Waals surface area contributed by atoms with Crippen LogP contribution in [0.15, 0.2) is 28.8 Å². The van der Waals surface area contributed by atoms with Gasteiger partial charge in [-0.15, -0.1) is 0 Å². The zero-order valence-corrected chi connectivity index (χ0v) is 13.0. The number of ether oxygens (including phenoxy) is 1. The van der Waals surface area contributed by atoms with Gasteiger partial charge in [0.05, 0.1) is 18.8 Å². The predicted octanol–water partition coefficient (Wildman–Crippen LogP) is 2.77. The minimum Gasteiger partial charge on any atom is -0.377 e. The lowest BCUT2D eigenvalue weighted by molar-refractivity contribution is 0.0665. The van der Waals surface area contributed by atoms with Crippen LogP contribution in [0.1, 0.15) is 25.7 Å². The van der Waals surface area contributed by atoms with Gasteiger partial charge in [-0.2, -0.15) is 4.98 Å². The first-order chi connectivity index (χ1) is 9.06. The third kappa shape index (κ3) is 3.99. The Morgan fingerprint density at radius 1 is 1.42 bits per heavy atom. The van der Waals surface area contributed by atoms with Crippen LogP contribution in [0.2, 0.25) is 0 Å². The average Bonchev–Trinajstić information content (AvgIpc) is 2.85. The highest BCUT2D eigenvalue weighted by Crippen LogP contribution is 2.20. The minimum atomic E-state index is -0.373. The van der Waals surface area contributed by atoms with Gasteiger partial charge in [-0.05, 0) is 54.6 Å². The molecule has 1 unspecified atom stereocenters. The number of hydrogen-bond donors (Lipinski definition) is 1. The maximum atomic E-state index is 5.95. The van der Waals surface area contributed by atoms with Crippen molar-refractivity contribution in [3.63, 3.8) is 0 Å². The summed E-state index contributed by atoms with van der Waals surface area (Å²) in [5, 5.41) is 3.91. The molecular weight excluding hydrogens is 357 g/mol. The van der Waals surface area contributed by atoms with Crippen LogP contribution in [0.4, 0.5) is 0 Å². The van der Waals surface area contributed by atoms with Crippen molar-refractivity contribution in [3.8, 4) is 11.5 Å². The van der Waals surface area contributed by atoms with E-state index in [0.717, 1.165) is 9.13 Å². The number of benzene rings is 1. The zero-order chi connectivity index (χ0) is 13.8. The first-order valence-electron chi connectivity index (χ1n) is 6.03. The molecule has 6 heteroatoms. The molecule has 0 aliphatic carbocycles. The molecule has 1 aromatic heterocycles. The van der Waals surface area contributed by atoms with E-state index in [-0.39, 0.29) is 12.1 Å². The van der Waals surface area contributed by atoms with Crippen molar-refractivity contribution in [2.24, 2.45) is 5.73 Å². The van der Waals surface area contributed by atoms with Crippen LogP contribution in [0, 0.1) is 3.57 Å². The van der Waals surface area contributed by atoms with Crippen LogP contribution in [-0.2, 0) is 4.74 Å². The van der Waals surface area contributed by atoms with Gasteiger partial charge < -0.3 is 15.0 Å². The molecule has 1 heterocycles. The van der Waals surface area contributed by atoms with Crippen LogP contribution < -0.4 is 5.73 Å². The van der Waals surface area contributed by atoms with Crippen molar-refractivity contribution >= 4 is 22.6 Å². The third-order valence-corrected chi connectivity index (χ3v) is 3.13. The number of nitrogens with two attached hydrogens (primary N) is 1. The highest BCUT2D eigenvalue weighted by Gasteiger charge is 2.16. The van der Waals surface area contributed by atoms with Gasteiger partial charge in [0, 0.05) is 9.13 Å². The zero-order valence-electron chi connectivity index (χ0n) is 10.8. The molecule has 0 saturated heterocycles. The molecule has 0 aliphatic heterocycles. The summed E-state index contributed by atoms with van der Waals surface area (Å²) in [5.41, 5.74) is 6.84. The first-order valence-corrected chi connectivity index (χ1v) is 7.11. The molecule has 2 N–H and O–H groups in total. The molecule has 102 valence electrons. The second-order valence-corrected chi connectivity index (χ2v) is 5.70. The monoisotopic (exact) mass is 373 g/mol. The Morgan fingerprint density at radius 2 is 2.21 bits per heavy atom. The standard InChI is InChI=1S/C13H16IN3O2/c1-8(2)18-7-11(15)12-16-13(19-17-12)9-4-3-5-10(14)6-9/h3-6,8,11H,7,15H2,1-2H3. The van der Waals surface area contributed by atoms with Gasteiger partial charge in [0.25, 0.3) is 5.89 Å². The number of nitrogens with zero attached hydrogens (tertiary/aromatic N) is 2. The average molecular weight is 373 g/mol. The van der Waals surface area contributed by atoms with Gasteiger partial charge in [0.1, 0.15) is 0 Å². The van der Waals surface area contributed by atoms with Gasteiger partial charge >= 0.3 is 0 Å². The molecule has 0 fully saturated rings. The van der Waals surface area contributed by atoms with E-state index in [1.54, 1.807) is 0 Å². The van der Waals surface area contributed by atoms with Crippen molar-refractivity contribution in [2.45, 2.75) is 26.0 Å². The summed E-state index contributed by atoms with van der Waals surface area (Å²) in [7, 11) is 0. The smallest absolute Gasteiger partial charge is 0.258 e. The van der Waals surface area contributed by atoms with E-state index in [2.05, 4.69) is 32.7 Å². The molecular formula is C13H16IN3O2. The fourth-order valence-electron chi connectivity index (χ4n) is 1.49. The van der Waals surface area contributed by atoms with E-state index in [1.165, 1.54) is 0 Å². The number of aromatic nitrogens is 2. The van der Waals surface area contributed by atoms with Crippen LogP contribution >= 0.6 is 22.6 Å². The van der Waals surface area contributed by atoms with Crippen LogP contribution in [0.25, 0.3) is 11.5 Å². The van der Waals surface area contributed by atoms with E-state index >= 15 is 0 Å². The molecule has 0 aliphatic rings. The largest absolute Gasteiger partial charge is 0.377 e. The van der Waals surface area contributed by atoms with Crippen LogP contribution in [0.3, 0.4) is 0 Å². The van der Waals surface area contributed by atoms with Crippen molar-refractivity contribution in [1.82, 2.24) is 10.1 Å². The lowest BCUT2D eigenvalue weighted by Gasteiger charge is -2.10. The maximum absolute atomic E-state index is 5.95. The summed E-state index contributed by atoms with van der Waals surface area (Å²) >= 11 is 2.24. The molecule has 1 aromatic carbocycles. The molecule has 2 rings (SSSR count). The van der Waals surface area contributed by atoms with E-state index in [9.17, 15) is 0 Å². The Bertz CT molecular complexity index is 542. The summed E-state index contributed by atoms with van der Waals surface area (Å²) in [6.07, 6.45) is 0.133. The molecule has 19 heavy (non-hydrogen) atoms. The predicted molar refractivity (Wildman–Crippen MR) is 80.5 cm³/mol. The Labute approximate surface area is 125 Å². The summed E-state index contributed by atoms with van der Waals surface area (Å²) in [4.78, 5) is 4.31.